The highest BCUT2D eigenvalue weighted by atomic mass is 35.5. The van der Waals surface area contributed by atoms with Gasteiger partial charge in [0.1, 0.15) is 11.9 Å². The second-order valence-electron chi connectivity index (χ2n) is 9.90. The number of aromatic nitrogens is 1. The van der Waals surface area contributed by atoms with Crippen LogP contribution in [0.4, 0.5) is 5.82 Å². The standard InChI is InChI=1S/C28H26ClN3O/c1-28(2,3)32-16-20(15-30)25-24(18-9-11-21(29)12-10-18)26-22(31-27(25)32)13-19(14-23(26)33)17-7-5-4-6-8-17/h4-12,16,19,24,31H,13-14H2,1-3H3/t19-,24+/m1/s1. The van der Waals surface area contributed by atoms with Gasteiger partial charge in [0.05, 0.1) is 5.56 Å². The van der Waals surface area contributed by atoms with Gasteiger partial charge in [-0.05, 0) is 56.4 Å². The maximum Gasteiger partial charge on any atom is 0.162 e. The second kappa shape index (κ2) is 7.93. The highest BCUT2D eigenvalue weighted by molar-refractivity contribution is 6.30. The van der Waals surface area contributed by atoms with Crippen LogP contribution in [0.3, 0.4) is 0 Å². The van der Waals surface area contributed by atoms with Crippen molar-refractivity contribution >= 4 is 23.2 Å². The van der Waals surface area contributed by atoms with Gasteiger partial charge in [0.25, 0.3) is 0 Å². The molecule has 0 bridgehead atoms. The summed E-state index contributed by atoms with van der Waals surface area (Å²) in [4.78, 5) is 13.7. The molecule has 0 radical (unpaired) electrons. The Bertz CT molecular complexity index is 1300. The zero-order chi connectivity index (χ0) is 23.3. The smallest absolute Gasteiger partial charge is 0.162 e. The first kappa shape index (κ1) is 21.6. The minimum Gasteiger partial charge on any atom is -0.344 e. The average Bonchev–Trinajstić information content (AvgIpc) is 3.18. The van der Waals surface area contributed by atoms with E-state index in [4.69, 9.17) is 11.6 Å². The van der Waals surface area contributed by atoms with Crippen molar-refractivity contribution in [1.82, 2.24) is 4.57 Å². The van der Waals surface area contributed by atoms with Crippen molar-refractivity contribution in [2.24, 2.45) is 0 Å². The van der Waals surface area contributed by atoms with E-state index < -0.39 is 0 Å². The maximum atomic E-state index is 13.7. The normalized spacial score (nSPS) is 20.0. The summed E-state index contributed by atoms with van der Waals surface area (Å²) < 4.78 is 2.13. The van der Waals surface area contributed by atoms with Gasteiger partial charge in [-0.15, -0.1) is 0 Å². The molecule has 0 spiro atoms. The Hall–Kier alpha value is -3.29. The summed E-state index contributed by atoms with van der Waals surface area (Å²) in [5.74, 6) is 0.872. The number of hydrogen-bond donors (Lipinski definition) is 1. The third kappa shape index (κ3) is 3.67. The number of nitrogens with zero attached hydrogens (tertiary/aromatic N) is 2. The van der Waals surface area contributed by atoms with E-state index in [-0.39, 0.29) is 23.2 Å². The molecule has 166 valence electrons. The molecule has 4 nitrogen and oxygen atoms in total. The molecule has 0 saturated carbocycles. The van der Waals surface area contributed by atoms with E-state index in [0.717, 1.165) is 34.6 Å². The number of fused-ring (bicyclic) bond motifs is 1. The number of anilines is 1. The van der Waals surface area contributed by atoms with Crippen LogP contribution in [0.15, 0.2) is 72.1 Å². The molecule has 5 rings (SSSR count). The van der Waals surface area contributed by atoms with Crippen LogP contribution in [0.2, 0.25) is 5.02 Å². The van der Waals surface area contributed by atoms with Gasteiger partial charge in [-0.25, -0.2) is 0 Å². The molecular formula is C28H26ClN3O. The summed E-state index contributed by atoms with van der Waals surface area (Å²) in [6.07, 6.45) is 3.13. The molecule has 5 heteroatoms. The zero-order valence-corrected chi connectivity index (χ0v) is 19.8. The fraction of sp³-hybridized carbons (Fsp3) is 0.286. The third-order valence-electron chi connectivity index (χ3n) is 6.72. The molecule has 2 aromatic carbocycles. The number of nitrogens with one attached hydrogen (secondary N) is 1. The molecule has 1 aliphatic heterocycles. The molecule has 33 heavy (non-hydrogen) atoms. The predicted molar refractivity (Wildman–Crippen MR) is 132 cm³/mol. The first-order chi connectivity index (χ1) is 15.8. The van der Waals surface area contributed by atoms with Crippen molar-refractivity contribution in [3.05, 3.63) is 99.3 Å². The van der Waals surface area contributed by atoms with Gasteiger partial charge in [0.15, 0.2) is 5.78 Å². The Kier molecular flexibility index (Phi) is 5.18. The largest absolute Gasteiger partial charge is 0.344 e. The quantitative estimate of drug-likeness (QED) is 0.466. The van der Waals surface area contributed by atoms with Crippen LogP contribution in [0.1, 0.15) is 67.7 Å². The van der Waals surface area contributed by atoms with E-state index in [9.17, 15) is 10.1 Å². The number of hydrogen-bond acceptors (Lipinski definition) is 3. The zero-order valence-electron chi connectivity index (χ0n) is 19.0. The van der Waals surface area contributed by atoms with E-state index >= 15 is 0 Å². The van der Waals surface area contributed by atoms with E-state index in [1.165, 1.54) is 5.56 Å². The van der Waals surface area contributed by atoms with Crippen molar-refractivity contribution < 1.29 is 4.79 Å². The van der Waals surface area contributed by atoms with Crippen LogP contribution in [0.5, 0.6) is 0 Å². The lowest BCUT2D eigenvalue weighted by atomic mass is 9.72. The van der Waals surface area contributed by atoms with Gasteiger partial charge in [-0.3, -0.25) is 4.79 Å². The first-order valence-corrected chi connectivity index (χ1v) is 11.6. The summed E-state index contributed by atoms with van der Waals surface area (Å²) in [7, 11) is 0. The molecule has 1 aromatic heterocycles. The number of allylic oxidation sites excluding steroid dienone is 2. The van der Waals surface area contributed by atoms with Crippen LogP contribution in [0.25, 0.3) is 0 Å². The number of halogens is 1. The Morgan fingerprint density at radius 1 is 1.03 bits per heavy atom. The van der Waals surface area contributed by atoms with E-state index in [2.05, 4.69) is 48.9 Å². The van der Waals surface area contributed by atoms with Crippen molar-refractivity contribution in [2.75, 3.05) is 5.32 Å². The van der Waals surface area contributed by atoms with Gasteiger partial charge < -0.3 is 9.88 Å². The van der Waals surface area contributed by atoms with Gasteiger partial charge in [0.2, 0.25) is 0 Å². The number of Topliss-reactive ketones (excluding diaryl/α,β-unsaturated/α-hetero) is 1. The van der Waals surface area contributed by atoms with Crippen molar-refractivity contribution in [1.29, 1.82) is 5.26 Å². The summed E-state index contributed by atoms with van der Waals surface area (Å²) in [6.45, 7) is 6.36. The van der Waals surface area contributed by atoms with Gasteiger partial charge >= 0.3 is 0 Å². The van der Waals surface area contributed by atoms with Crippen LogP contribution in [0, 0.1) is 11.3 Å². The highest BCUT2D eigenvalue weighted by Crippen LogP contribution is 2.50. The lowest BCUT2D eigenvalue weighted by molar-refractivity contribution is -0.116. The molecule has 2 heterocycles. The monoisotopic (exact) mass is 455 g/mol. The van der Waals surface area contributed by atoms with Crippen LogP contribution in [-0.4, -0.2) is 10.4 Å². The van der Waals surface area contributed by atoms with Crippen molar-refractivity contribution in [3.63, 3.8) is 0 Å². The van der Waals surface area contributed by atoms with Gasteiger partial charge in [-0.2, -0.15) is 5.26 Å². The average molecular weight is 456 g/mol. The van der Waals surface area contributed by atoms with E-state index in [1.54, 1.807) is 0 Å². The van der Waals surface area contributed by atoms with E-state index in [0.29, 0.717) is 17.0 Å². The number of carbonyl (C=O) groups is 1. The minimum atomic E-state index is -0.295. The molecule has 0 saturated heterocycles. The van der Waals surface area contributed by atoms with Crippen LogP contribution in [-0.2, 0) is 10.3 Å². The van der Waals surface area contributed by atoms with Crippen molar-refractivity contribution in [3.8, 4) is 6.07 Å². The fourth-order valence-electron chi connectivity index (χ4n) is 5.18. The molecule has 0 amide bonds. The number of benzene rings is 2. The highest BCUT2D eigenvalue weighted by Gasteiger charge is 2.41. The molecule has 0 unspecified atom stereocenters. The Labute approximate surface area is 199 Å². The molecule has 1 aliphatic carbocycles. The molecule has 2 aliphatic rings. The Morgan fingerprint density at radius 3 is 2.36 bits per heavy atom. The fourth-order valence-corrected chi connectivity index (χ4v) is 5.31. The Morgan fingerprint density at radius 2 is 1.73 bits per heavy atom. The van der Waals surface area contributed by atoms with E-state index in [1.807, 2.05) is 48.7 Å². The Balaban J connectivity index is 1.72. The van der Waals surface area contributed by atoms with Gasteiger partial charge in [0, 0.05) is 45.9 Å². The van der Waals surface area contributed by atoms with Crippen LogP contribution >= 0.6 is 11.6 Å². The number of rotatable bonds is 2. The van der Waals surface area contributed by atoms with Crippen molar-refractivity contribution in [2.45, 2.75) is 51.0 Å². The molecule has 3 aromatic rings. The summed E-state index contributed by atoms with van der Waals surface area (Å²) in [5.41, 5.74) is 5.13. The number of nitriles is 1. The second-order valence-corrected chi connectivity index (χ2v) is 10.3. The molecular weight excluding hydrogens is 430 g/mol. The number of ketones is 1. The SMILES string of the molecule is CC(C)(C)n1cc(C#N)c2c1NC1=C(C(=O)C[C@H](c3ccccc3)C1)[C@H]2c1ccc(Cl)cc1. The summed E-state index contributed by atoms with van der Waals surface area (Å²) in [6, 6.07) is 20.3. The number of carbonyl (C=O) groups excluding carboxylic acids is 1. The van der Waals surface area contributed by atoms with Crippen LogP contribution < -0.4 is 5.32 Å². The summed E-state index contributed by atoms with van der Waals surface area (Å²) in [5, 5.41) is 14.3. The lowest BCUT2D eigenvalue weighted by Gasteiger charge is -2.37. The maximum absolute atomic E-state index is 13.7. The molecule has 0 fully saturated rings. The molecule has 2 atom stereocenters. The third-order valence-corrected chi connectivity index (χ3v) is 6.97. The summed E-state index contributed by atoms with van der Waals surface area (Å²) >= 11 is 6.18. The first-order valence-electron chi connectivity index (χ1n) is 11.3. The topological polar surface area (TPSA) is 57.8 Å². The lowest BCUT2D eigenvalue weighted by Crippen LogP contribution is -2.32. The predicted octanol–water partition coefficient (Wildman–Crippen LogP) is 6.73. The minimum absolute atomic E-state index is 0.130. The van der Waals surface area contributed by atoms with Gasteiger partial charge in [-0.1, -0.05) is 54.1 Å². The molecule has 1 N–H and O–H groups in total.